The second-order valence-electron chi connectivity index (χ2n) is 5.26. The number of para-hydroxylation sites is 1. The van der Waals surface area contributed by atoms with Crippen LogP contribution in [0, 0.1) is 19.8 Å². The molecule has 0 bridgehead atoms. The highest BCUT2D eigenvalue weighted by Gasteiger charge is 2.19. The zero-order chi connectivity index (χ0) is 15.4. The Kier molecular flexibility index (Phi) is 4.62. The van der Waals surface area contributed by atoms with Gasteiger partial charge in [-0.05, 0) is 26.0 Å². The molecular weight excluding hydrogens is 268 g/mol. The van der Waals surface area contributed by atoms with Crippen molar-refractivity contribution in [2.24, 2.45) is 5.92 Å². The molecule has 112 valence electrons. The van der Waals surface area contributed by atoms with Gasteiger partial charge in [0.2, 0.25) is 0 Å². The Balaban J connectivity index is 2.26. The fourth-order valence-corrected chi connectivity index (χ4v) is 2.23. The third kappa shape index (κ3) is 3.62. The Labute approximate surface area is 124 Å². The number of benzene rings is 1. The lowest BCUT2D eigenvalue weighted by Crippen LogP contribution is -2.31. The molecule has 21 heavy (non-hydrogen) atoms. The van der Waals surface area contributed by atoms with Crippen LogP contribution in [0.1, 0.15) is 23.9 Å². The van der Waals surface area contributed by atoms with Crippen LogP contribution in [0.25, 0.3) is 0 Å². The minimum atomic E-state index is -0.797. The van der Waals surface area contributed by atoms with E-state index in [-0.39, 0.29) is 0 Å². The fraction of sp³-hybridized carbons (Fsp3) is 0.375. The van der Waals surface area contributed by atoms with Gasteiger partial charge in [-0.2, -0.15) is 0 Å². The lowest BCUT2D eigenvalue weighted by Gasteiger charge is -2.26. The summed E-state index contributed by atoms with van der Waals surface area (Å²) in [7, 11) is 0. The molecule has 0 aliphatic carbocycles. The smallest absolute Gasteiger partial charge is 0.308 e. The van der Waals surface area contributed by atoms with Gasteiger partial charge in [-0.3, -0.25) is 4.79 Å². The number of hydrogen-bond acceptors (Lipinski definition) is 4. The van der Waals surface area contributed by atoms with Crippen molar-refractivity contribution in [1.82, 2.24) is 5.16 Å². The van der Waals surface area contributed by atoms with Crippen molar-refractivity contribution in [3.05, 3.63) is 47.3 Å². The number of carboxylic acids is 1. The Morgan fingerprint density at radius 2 is 2.00 bits per heavy atom. The monoisotopic (exact) mass is 288 g/mol. The standard InChI is InChI=1S/C16H20N2O3/c1-11(16(19)20)9-18(14-7-5-4-6-8-14)10-15-12(2)17-21-13(15)3/h4-8,11H,9-10H2,1-3H3,(H,19,20). The van der Waals surface area contributed by atoms with Gasteiger partial charge in [-0.15, -0.1) is 0 Å². The molecule has 1 aromatic heterocycles. The summed E-state index contributed by atoms with van der Waals surface area (Å²) in [4.78, 5) is 13.2. The van der Waals surface area contributed by atoms with Crippen LogP contribution in [0.5, 0.6) is 0 Å². The molecule has 1 atom stereocenters. The number of nitrogens with zero attached hydrogens (tertiary/aromatic N) is 2. The van der Waals surface area contributed by atoms with E-state index in [1.807, 2.05) is 49.1 Å². The predicted octanol–water partition coefficient (Wildman–Crippen LogP) is 3.02. The number of hydrogen-bond donors (Lipinski definition) is 1. The van der Waals surface area contributed by atoms with E-state index in [2.05, 4.69) is 5.16 Å². The average molecular weight is 288 g/mol. The van der Waals surface area contributed by atoms with Gasteiger partial charge >= 0.3 is 5.97 Å². The van der Waals surface area contributed by atoms with E-state index in [9.17, 15) is 4.79 Å². The number of rotatable bonds is 6. The van der Waals surface area contributed by atoms with E-state index in [0.717, 1.165) is 22.7 Å². The molecule has 0 fully saturated rings. The third-order valence-electron chi connectivity index (χ3n) is 3.57. The number of carbonyl (C=O) groups is 1. The maximum Gasteiger partial charge on any atom is 0.308 e. The molecule has 0 aliphatic heterocycles. The van der Waals surface area contributed by atoms with Crippen LogP contribution in [0.3, 0.4) is 0 Å². The zero-order valence-electron chi connectivity index (χ0n) is 12.5. The Morgan fingerprint density at radius 1 is 1.33 bits per heavy atom. The van der Waals surface area contributed by atoms with Crippen LogP contribution in [-0.2, 0) is 11.3 Å². The second kappa shape index (κ2) is 6.43. The number of anilines is 1. The summed E-state index contributed by atoms with van der Waals surface area (Å²) < 4.78 is 5.19. The van der Waals surface area contributed by atoms with Crippen molar-refractivity contribution < 1.29 is 14.4 Å². The van der Waals surface area contributed by atoms with E-state index in [4.69, 9.17) is 9.63 Å². The molecule has 2 aromatic rings. The summed E-state index contributed by atoms with van der Waals surface area (Å²) in [6.45, 7) is 6.51. The van der Waals surface area contributed by atoms with Crippen molar-refractivity contribution in [1.29, 1.82) is 0 Å². The highest BCUT2D eigenvalue weighted by atomic mass is 16.5. The van der Waals surface area contributed by atoms with Crippen molar-refractivity contribution in [3.8, 4) is 0 Å². The molecule has 1 N–H and O–H groups in total. The van der Waals surface area contributed by atoms with E-state index in [0.29, 0.717) is 13.1 Å². The van der Waals surface area contributed by atoms with E-state index < -0.39 is 11.9 Å². The molecule has 2 rings (SSSR count). The molecule has 5 nitrogen and oxygen atoms in total. The molecule has 0 aliphatic rings. The molecule has 0 amide bonds. The summed E-state index contributed by atoms with van der Waals surface area (Å²) in [6, 6.07) is 9.79. The first-order chi connectivity index (χ1) is 9.99. The van der Waals surface area contributed by atoms with E-state index >= 15 is 0 Å². The van der Waals surface area contributed by atoms with Gasteiger partial charge < -0.3 is 14.5 Å². The van der Waals surface area contributed by atoms with Gasteiger partial charge in [-0.1, -0.05) is 30.3 Å². The van der Waals surface area contributed by atoms with Gasteiger partial charge in [0.1, 0.15) is 5.76 Å². The Morgan fingerprint density at radius 3 is 2.52 bits per heavy atom. The van der Waals surface area contributed by atoms with Crippen LogP contribution in [-0.4, -0.2) is 22.8 Å². The first-order valence-corrected chi connectivity index (χ1v) is 6.93. The summed E-state index contributed by atoms with van der Waals surface area (Å²) in [5.41, 5.74) is 2.85. The zero-order valence-corrected chi connectivity index (χ0v) is 12.5. The number of carboxylic acid groups (broad SMARTS) is 1. The van der Waals surface area contributed by atoms with E-state index in [1.165, 1.54) is 0 Å². The summed E-state index contributed by atoms with van der Waals surface area (Å²) >= 11 is 0. The first-order valence-electron chi connectivity index (χ1n) is 6.93. The highest BCUT2D eigenvalue weighted by molar-refractivity contribution is 5.70. The maximum atomic E-state index is 11.1. The van der Waals surface area contributed by atoms with Crippen molar-refractivity contribution >= 4 is 11.7 Å². The largest absolute Gasteiger partial charge is 0.481 e. The fourth-order valence-electron chi connectivity index (χ4n) is 2.23. The molecule has 0 radical (unpaired) electrons. The minimum absolute atomic E-state index is 0.434. The predicted molar refractivity (Wildman–Crippen MR) is 80.3 cm³/mol. The summed E-state index contributed by atoms with van der Waals surface area (Å²) in [5.74, 6) is -0.475. The molecule has 1 aromatic carbocycles. The molecule has 0 saturated carbocycles. The Hall–Kier alpha value is -2.30. The van der Waals surface area contributed by atoms with Gasteiger partial charge in [0.05, 0.1) is 11.6 Å². The normalized spacial score (nSPS) is 12.1. The molecule has 1 unspecified atom stereocenters. The number of aromatic nitrogens is 1. The molecule has 1 heterocycles. The topological polar surface area (TPSA) is 66.6 Å². The summed E-state index contributed by atoms with van der Waals surface area (Å²) in [5, 5.41) is 13.1. The van der Waals surface area contributed by atoms with Crippen LogP contribution < -0.4 is 4.90 Å². The second-order valence-corrected chi connectivity index (χ2v) is 5.26. The highest BCUT2D eigenvalue weighted by Crippen LogP contribution is 2.22. The number of aryl methyl sites for hydroxylation is 2. The lowest BCUT2D eigenvalue weighted by atomic mass is 10.1. The van der Waals surface area contributed by atoms with Gasteiger partial charge in [0.25, 0.3) is 0 Å². The third-order valence-corrected chi connectivity index (χ3v) is 3.57. The lowest BCUT2D eigenvalue weighted by molar-refractivity contribution is -0.140. The van der Waals surface area contributed by atoms with Crippen molar-refractivity contribution in [2.75, 3.05) is 11.4 Å². The quantitative estimate of drug-likeness (QED) is 0.885. The van der Waals surface area contributed by atoms with Gasteiger partial charge in [0, 0.05) is 24.3 Å². The van der Waals surface area contributed by atoms with Crippen LogP contribution in [0.15, 0.2) is 34.9 Å². The molecular formula is C16H20N2O3. The first kappa shape index (κ1) is 15.1. The van der Waals surface area contributed by atoms with Crippen LogP contribution in [0.4, 0.5) is 5.69 Å². The van der Waals surface area contributed by atoms with Crippen LogP contribution in [0.2, 0.25) is 0 Å². The van der Waals surface area contributed by atoms with Gasteiger partial charge in [0.15, 0.2) is 0 Å². The number of aliphatic carboxylic acids is 1. The molecule has 0 saturated heterocycles. The Bertz CT molecular complexity index is 588. The average Bonchev–Trinajstić information content (AvgIpc) is 2.79. The minimum Gasteiger partial charge on any atom is -0.481 e. The summed E-state index contributed by atoms with van der Waals surface area (Å²) in [6.07, 6.45) is 0. The molecule has 5 heteroatoms. The molecule has 0 spiro atoms. The SMILES string of the molecule is Cc1noc(C)c1CN(CC(C)C(=O)O)c1ccccc1. The maximum absolute atomic E-state index is 11.1. The van der Waals surface area contributed by atoms with Gasteiger partial charge in [-0.25, -0.2) is 0 Å². The van der Waals surface area contributed by atoms with Crippen LogP contribution >= 0.6 is 0 Å². The van der Waals surface area contributed by atoms with Crippen molar-refractivity contribution in [3.63, 3.8) is 0 Å². The van der Waals surface area contributed by atoms with Crippen molar-refractivity contribution in [2.45, 2.75) is 27.3 Å². The van der Waals surface area contributed by atoms with E-state index in [1.54, 1.807) is 6.92 Å².